The zero-order valence-electron chi connectivity index (χ0n) is 8.66. The Bertz CT molecular complexity index is 181. The number of likely N-dealkylation sites (tertiary alicyclic amines) is 2. The van der Waals surface area contributed by atoms with Crippen LogP contribution in [-0.2, 0) is 0 Å². The maximum atomic E-state index is 9.45. The zero-order chi connectivity index (χ0) is 9.47. The quantitative estimate of drug-likeness (QED) is 0.669. The number of hydrogen-bond donors (Lipinski definition) is 1. The summed E-state index contributed by atoms with van der Waals surface area (Å²) < 4.78 is 0. The lowest BCUT2D eigenvalue weighted by Gasteiger charge is -2.60. The van der Waals surface area contributed by atoms with Gasteiger partial charge < -0.3 is 10.0 Å². The second-order valence-electron chi connectivity index (χ2n) is 4.90. The summed E-state index contributed by atoms with van der Waals surface area (Å²) in [5.41, 5.74) is 0.613. The lowest BCUT2D eigenvalue weighted by atomic mass is 9.73. The molecule has 0 aliphatic carbocycles. The predicted molar refractivity (Wildman–Crippen MR) is 52.7 cm³/mol. The monoisotopic (exact) mass is 184 g/mol. The molecule has 76 valence electrons. The lowest BCUT2D eigenvalue weighted by Crippen LogP contribution is -2.71. The van der Waals surface area contributed by atoms with Crippen LogP contribution in [0.5, 0.6) is 0 Å². The van der Waals surface area contributed by atoms with Crippen molar-refractivity contribution in [3.63, 3.8) is 0 Å². The number of β-amino-alcohol motifs (C(OH)–C–C–N with tert-alkyl or cyclic N) is 1. The van der Waals surface area contributed by atoms with Gasteiger partial charge in [0.25, 0.3) is 0 Å². The number of aliphatic hydroxyl groups excluding tert-OH is 1. The maximum Gasteiger partial charge on any atom is 0.0664 e. The van der Waals surface area contributed by atoms with Crippen molar-refractivity contribution in [1.29, 1.82) is 0 Å². The van der Waals surface area contributed by atoms with Gasteiger partial charge in [-0.2, -0.15) is 0 Å². The van der Waals surface area contributed by atoms with Gasteiger partial charge in [0.2, 0.25) is 0 Å². The maximum absolute atomic E-state index is 9.45. The summed E-state index contributed by atoms with van der Waals surface area (Å²) in [4.78, 5) is 4.74. The van der Waals surface area contributed by atoms with Crippen LogP contribution in [0, 0.1) is 5.41 Å². The molecule has 1 atom stereocenters. The minimum atomic E-state index is -0.116. The average molecular weight is 184 g/mol. The van der Waals surface area contributed by atoms with Gasteiger partial charge in [-0.3, -0.25) is 4.90 Å². The Morgan fingerprint density at radius 2 is 1.92 bits per heavy atom. The first kappa shape index (κ1) is 9.44. The molecule has 0 aromatic carbocycles. The van der Waals surface area contributed by atoms with Crippen LogP contribution in [0.25, 0.3) is 0 Å². The minimum absolute atomic E-state index is 0.116. The Morgan fingerprint density at radius 1 is 1.31 bits per heavy atom. The first-order valence-electron chi connectivity index (χ1n) is 5.22. The molecule has 0 radical (unpaired) electrons. The highest BCUT2D eigenvalue weighted by molar-refractivity contribution is 5.04. The van der Waals surface area contributed by atoms with Gasteiger partial charge in [-0.15, -0.1) is 0 Å². The normalized spacial score (nSPS) is 29.8. The second kappa shape index (κ2) is 3.23. The van der Waals surface area contributed by atoms with E-state index in [1.807, 2.05) is 6.92 Å². The standard InChI is InChI=1S/C10H20N2O/c1-3-9(13)4-12-7-10(8-12)5-11(2)6-10/h9,13H,3-8H2,1-2H3/t9-/m0/s1. The lowest BCUT2D eigenvalue weighted by molar-refractivity contribution is -0.114. The second-order valence-corrected chi connectivity index (χ2v) is 4.90. The molecule has 2 aliphatic rings. The van der Waals surface area contributed by atoms with E-state index in [2.05, 4.69) is 16.8 Å². The fraction of sp³-hybridized carbons (Fsp3) is 1.00. The summed E-state index contributed by atoms with van der Waals surface area (Å²) in [6.07, 6.45) is 0.763. The van der Waals surface area contributed by atoms with Crippen LogP contribution in [0.1, 0.15) is 13.3 Å². The molecular formula is C10H20N2O. The molecule has 1 spiro atoms. The van der Waals surface area contributed by atoms with Crippen molar-refractivity contribution in [3.8, 4) is 0 Å². The van der Waals surface area contributed by atoms with E-state index in [4.69, 9.17) is 0 Å². The van der Waals surface area contributed by atoms with Crippen LogP contribution in [0.3, 0.4) is 0 Å². The van der Waals surface area contributed by atoms with E-state index < -0.39 is 0 Å². The summed E-state index contributed by atoms with van der Waals surface area (Å²) in [7, 11) is 2.18. The Morgan fingerprint density at radius 3 is 2.38 bits per heavy atom. The summed E-state index contributed by atoms with van der Waals surface area (Å²) in [5, 5.41) is 9.45. The topological polar surface area (TPSA) is 26.7 Å². The van der Waals surface area contributed by atoms with Gasteiger partial charge >= 0.3 is 0 Å². The molecule has 0 aromatic heterocycles. The molecule has 13 heavy (non-hydrogen) atoms. The van der Waals surface area contributed by atoms with Gasteiger partial charge in [0.1, 0.15) is 0 Å². The van der Waals surface area contributed by atoms with E-state index in [1.165, 1.54) is 26.2 Å². The minimum Gasteiger partial charge on any atom is -0.392 e. The van der Waals surface area contributed by atoms with E-state index in [0.29, 0.717) is 5.41 Å². The van der Waals surface area contributed by atoms with Crippen molar-refractivity contribution < 1.29 is 5.11 Å². The Balaban J connectivity index is 1.67. The van der Waals surface area contributed by atoms with Crippen molar-refractivity contribution >= 4 is 0 Å². The summed E-state index contributed by atoms with van der Waals surface area (Å²) in [6.45, 7) is 7.83. The van der Waals surface area contributed by atoms with Gasteiger partial charge in [-0.05, 0) is 13.5 Å². The van der Waals surface area contributed by atoms with E-state index in [-0.39, 0.29) is 6.10 Å². The summed E-state index contributed by atoms with van der Waals surface area (Å²) in [5.74, 6) is 0. The van der Waals surface area contributed by atoms with Crippen molar-refractivity contribution in [1.82, 2.24) is 9.80 Å². The molecule has 2 rings (SSSR count). The van der Waals surface area contributed by atoms with Gasteiger partial charge in [-0.25, -0.2) is 0 Å². The Hall–Kier alpha value is -0.120. The van der Waals surface area contributed by atoms with Crippen LogP contribution in [0.4, 0.5) is 0 Å². The third-order valence-electron chi connectivity index (χ3n) is 3.27. The third-order valence-corrected chi connectivity index (χ3v) is 3.27. The molecule has 2 saturated heterocycles. The molecule has 2 aliphatic heterocycles. The van der Waals surface area contributed by atoms with Crippen LogP contribution in [0.2, 0.25) is 0 Å². The molecule has 0 aromatic rings. The van der Waals surface area contributed by atoms with Crippen molar-refractivity contribution in [3.05, 3.63) is 0 Å². The molecule has 3 nitrogen and oxygen atoms in total. The van der Waals surface area contributed by atoms with Crippen molar-refractivity contribution in [2.75, 3.05) is 39.8 Å². The molecule has 1 N–H and O–H groups in total. The molecule has 3 heteroatoms. The largest absolute Gasteiger partial charge is 0.392 e. The third kappa shape index (κ3) is 1.73. The molecule has 0 bridgehead atoms. The fourth-order valence-corrected chi connectivity index (χ4v) is 2.76. The van der Waals surface area contributed by atoms with Crippen LogP contribution in [-0.4, -0.2) is 60.8 Å². The highest BCUT2D eigenvalue weighted by Gasteiger charge is 2.50. The number of rotatable bonds is 3. The van der Waals surface area contributed by atoms with Crippen LogP contribution < -0.4 is 0 Å². The summed E-state index contributed by atoms with van der Waals surface area (Å²) >= 11 is 0. The Kier molecular flexibility index (Phi) is 2.34. The van der Waals surface area contributed by atoms with E-state index >= 15 is 0 Å². The van der Waals surface area contributed by atoms with Crippen molar-refractivity contribution in [2.24, 2.45) is 5.41 Å². The zero-order valence-corrected chi connectivity index (χ0v) is 8.66. The van der Waals surface area contributed by atoms with Gasteiger partial charge in [0, 0.05) is 38.1 Å². The predicted octanol–water partition coefficient (Wildman–Crippen LogP) is 0.00470. The number of aliphatic hydroxyl groups is 1. The Labute approximate surface area is 80.3 Å². The SMILES string of the molecule is CC[C@H](O)CN1CC2(CN(C)C2)C1. The number of nitrogens with zero attached hydrogens (tertiary/aromatic N) is 2. The smallest absolute Gasteiger partial charge is 0.0664 e. The van der Waals surface area contributed by atoms with Gasteiger partial charge in [0.05, 0.1) is 6.10 Å². The first-order valence-corrected chi connectivity index (χ1v) is 5.22. The van der Waals surface area contributed by atoms with E-state index in [1.54, 1.807) is 0 Å². The molecule has 0 unspecified atom stereocenters. The molecule has 2 fully saturated rings. The van der Waals surface area contributed by atoms with Crippen molar-refractivity contribution in [2.45, 2.75) is 19.4 Å². The van der Waals surface area contributed by atoms with Gasteiger partial charge in [-0.1, -0.05) is 6.92 Å². The highest BCUT2D eigenvalue weighted by atomic mass is 16.3. The highest BCUT2D eigenvalue weighted by Crippen LogP contribution is 2.38. The molecule has 0 amide bonds. The molecule has 2 heterocycles. The van der Waals surface area contributed by atoms with E-state index in [9.17, 15) is 5.11 Å². The van der Waals surface area contributed by atoms with Crippen LogP contribution >= 0.6 is 0 Å². The average Bonchev–Trinajstić information content (AvgIpc) is 1.97. The first-order chi connectivity index (χ1) is 6.13. The van der Waals surface area contributed by atoms with Crippen LogP contribution in [0.15, 0.2) is 0 Å². The summed E-state index contributed by atoms with van der Waals surface area (Å²) in [6, 6.07) is 0. The van der Waals surface area contributed by atoms with Gasteiger partial charge in [0.15, 0.2) is 0 Å². The number of hydrogen-bond acceptors (Lipinski definition) is 3. The molecular weight excluding hydrogens is 164 g/mol. The molecule has 0 saturated carbocycles. The fourth-order valence-electron chi connectivity index (χ4n) is 2.76. The van der Waals surface area contributed by atoms with E-state index in [0.717, 1.165) is 13.0 Å².